The molecule has 0 aromatic carbocycles. The van der Waals surface area contributed by atoms with Gasteiger partial charge in [-0.3, -0.25) is 9.36 Å². The number of ether oxygens (including phenoxy) is 1. The number of H-pyrrole nitrogens is 1. The number of alkyl halides is 1. The fourth-order valence-electron chi connectivity index (χ4n) is 2.31. The highest BCUT2D eigenvalue weighted by molar-refractivity contribution is 5.68. The first-order chi connectivity index (χ1) is 9.13. The largest absolute Gasteiger partial charge is 0.387 e. The van der Waals surface area contributed by atoms with Crippen LogP contribution in [0.4, 0.5) is 4.39 Å². The molecule has 1 aliphatic heterocycles. The molecule has 4 atom stereocenters. The number of hydrogen-bond donors (Lipinski definition) is 2. The number of fused-ring (bicyclic) bond motifs is 1. The molecule has 0 bridgehead atoms. The summed E-state index contributed by atoms with van der Waals surface area (Å²) in [4.78, 5) is 21.8. The van der Waals surface area contributed by atoms with Gasteiger partial charge in [-0.1, -0.05) is 6.92 Å². The quantitative estimate of drug-likeness (QED) is 0.807. The van der Waals surface area contributed by atoms with Crippen molar-refractivity contribution in [2.75, 3.05) is 0 Å². The fourth-order valence-corrected chi connectivity index (χ4v) is 2.31. The topological polar surface area (TPSA) is 93.0 Å². The molecule has 1 fully saturated rings. The van der Waals surface area contributed by atoms with Gasteiger partial charge in [0, 0.05) is 0 Å². The molecular formula is C11H13FN4O3. The maximum atomic E-state index is 14.1. The Balaban J connectivity index is 2.06. The van der Waals surface area contributed by atoms with Crippen LogP contribution in [0.1, 0.15) is 19.6 Å². The molecule has 0 unspecified atom stereocenters. The molecule has 19 heavy (non-hydrogen) atoms. The molecule has 3 heterocycles. The molecule has 3 rings (SSSR count). The predicted molar refractivity (Wildman–Crippen MR) is 63.3 cm³/mol. The molecule has 102 valence electrons. The Bertz CT molecular complexity index is 655. The minimum atomic E-state index is -1.58. The maximum absolute atomic E-state index is 14.1. The Morgan fingerprint density at radius 3 is 3.05 bits per heavy atom. The van der Waals surface area contributed by atoms with Crippen LogP contribution in [0.5, 0.6) is 0 Å². The first-order valence-corrected chi connectivity index (χ1v) is 6.01. The monoisotopic (exact) mass is 268 g/mol. The van der Waals surface area contributed by atoms with Crippen molar-refractivity contribution in [3.8, 4) is 0 Å². The Hall–Kier alpha value is -1.80. The lowest BCUT2D eigenvalue weighted by molar-refractivity contribution is -0.0238. The van der Waals surface area contributed by atoms with Crippen molar-refractivity contribution < 1.29 is 14.2 Å². The number of imidazole rings is 1. The van der Waals surface area contributed by atoms with Crippen molar-refractivity contribution in [3.05, 3.63) is 23.0 Å². The second-order valence-corrected chi connectivity index (χ2v) is 4.46. The van der Waals surface area contributed by atoms with Gasteiger partial charge in [0.1, 0.15) is 6.10 Å². The van der Waals surface area contributed by atoms with Crippen LogP contribution in [0.3, 0.4) is 0 Å². The van der Waals surface area contributed by atoms with E-state index in [4.69, 9.17) is 4.74 Å². The number of aromatic nitrogens is 4. The molecule has 0 saturated carbocycles. The molecule has 0 amide bonds. The minimum Gasteiger partial charge on any atom is -0.387 e. The lowest BCUT2D eigenvalue weighted by Crippen LogP contribution is -2.27. The number of nitrogens with one attached hydrogen (secondary N) is 1. The lowest BCUT2D eigenvalue weighted by Gasteiger charge is -2.14. The molecule has 7 nitrogen and oxygen atoms in total. The SMILES string of the molecule is CC[C@H]1O[C@@H](n2cnc3c(=O)[nH]cnc32)[C@H](F)[C@@H]1O. The first-order valence-electron chi connectivity index (χ1n) is 6.01. The Labute approximate surface area is 107 Å². The second kappa shape index (κ2) is 4.39. The summed E-state index contributed by atoms with van der Waals surface area (Å²) in [6, 6.07) is 0. The number of halogens is 1. The lowest BCUT2D eigenvalue weighted by atomic mass is 10.1. The molecular weight excluding hydrogens is 255 g/mol. The molecule has 2 N–H and O–H groups in total. The van der Waals surface area contributed by atoms with E-state index in [1.807, 2.05) is 0 Å². The molecule has 1 saturated heterocycles. The van der Waals surface area contributed by atoms with Gasteiger partial charge in [-0.25, -0.2) is 14.4 Å². The summed E-state index contributed by atoms with van der Waals surface area (Å²) in [5.74, 6) is 0. The van der Waals surface area contributed by atoms with Crippen LogP contribution in [-0.2, 0) is 4.74 Å². The average molecular weight is 268 g/mol. The molecule has 2 aromatic heterocycles. The summed E-state index contributed by atoms with van der Waals surface area (Å²) in [7, 11) is 0. The number of rotatable bonds is 2. The predicted octanol–water partition coefficient (Wildman–Crippen LogP) is 0.126. The molecule has 0 aliphatic carbocycles. The van der Waals surface area contributed by atoms with Gasteiger partial charge in [0.15, 0.2) is 23.6 Å². The minimum absolute atomic E-state index is 0.118. The third-order valence-electron chi connectivity index (χ3n) is 3.34. The number of aliphatic hydroxyl groups excluding tert-OH is 1. The van der Waals surface area contributed by atoms with Gasteiger partial charge in [0.05, 0.1) is 18.8 Å². The van der Waals surface area contributed by atoms with E-state index in [2.05, 4.69) is 15.0 Å². The molecule has 8 heteroatoms. The third-order valence-corrected chi connectivity index (χ3v) is 3.34. The third kappa shape index (κ3) is 1.75. The van der Waals surface area contributed by atoms with Gasteiger partial charge < -0.3 is 14.8 Å². The number of nitrogens with zero attached hydrogens (tertiary/aromatic N) is 3. The van der Waals surface area contributed by atoms with E-state index in [-0.39, 0.29) is 11.2 Å². The van der Waals surface area contributed by atoms with Gasteiger partial charge in [0.25, 0.3) is 5.56 Å². The van der Waals surface area contributed by atoms with Gasteiger partial charge in [-0.05, 0) is 6.42 Å². The number of aliphatic hydroxyl groups is 1. The van der Waals surface area contributed by atoms with Crippen LogP contribution >= 0.6 is 0 Å². The van der Waals surface area contributed by atoms with E-state index in [0.717, 1.165) is 0 Å². The highest BCUT2D eigenvalue weighted by Crippen LogP contribution is 2.34. The first kappa shape index (κ1) is 12.2. The molecule has 2 aromatic rings. The highest BCUT2D eigenvalue weighted by Gasteiger charge is 2.44. The zero-order chi connectivity index (χ0) is 13.6. The van der Waals surface area contributed by atoms with Gasteiger partial charge in [-0.15, -0.1) is 0 Å². The van der Waals surface area contributed by atoms with Gasteiger partial charge in [0.2, 0.25) is 0 Å². The van der Waals surface area contributed by atoms with Crippen LogP contribution < -0.4 is 5.56 Å². The van der Waals surface area contributed by atoms with Crippen molar-refractivity contribution in [2.45, 2.75) is 38.0 Å². The molecule has 0 radical (unpaired) electrons. The van der Waals surface area contributed by atoms with Gasteiger partial charge in [-0.2, -0.15) is 0 Å². The van der Waals surface area contributed by atoms with Crippen molar-refractivity contribution >= 4 is 11.2 Å². The van der Waals surface area contributed by atoms with E-state index in [1.165, 1.54) is 17.2 Å². The van der Waals surface area contributed by atoms with Crippen molar-refractivity contribution in [1.82, 2.24) is 19.5 Å². The highest BCUT2D eigenvalue weighted by atomic mass is 19.1. The zero-order valence-corrected chi connectivity index (χ0v) is 10.2. The number of aromatic amines is 1. The van der Waals surface area contributed by atoms with Crippen LogP contribution in [-0.4, -0.2) is 43.0 Å². The second-order valence-electron chi connectivity index (χ2n) is 4.46. The molecule has 0 spiro atoms. The van der Waals surface area contributed by atoms with E-state index < -0.39 is 30.2 Å². The van der Waals surface area contributed by atoms with Crippen molar-refractivity contribution in [3.63, 3.8) is 0 Å². The summed E-state index contributed by atoms with van der Waals surface area (Å²) in [6.07, 6.45) is -1.33. The summed E-state index contributed by atoms with van der Waals surface area (Å²) in [5, 5.41) is 9.73. The van der Waals surface area contributed by atoms with E-state index in [1.54, 1.807) is 6.92 Å². The van der Waals surface area contributed by atoms with Crippen LogP contribution in [0.15, 0.2) is 17.4 Å². The van der Waals surface area contributed by atoms with Crippen LogP contribution in [0.25, 0.3) is 11.2 Å². The fraction of sp³-hybridized carbons (Fsp3) is 0.545. The van der Waals surface area contributed by atoms with E-state index >= 15 is 0 Å². The van der Waals surface area contributed by atoms with E-state index in [0.29, 0.717) is 6.42 Å². The van der Waals surface area contributed by atoms with Crippen molar-refractivity contribution in [1.29, 1.82) is 0 Å². The summed E-state index contributed by atoms with van der Waals surface area (Å²) in [5.41, 5.74) is -0.0437. The van der Waals surface area contributed by atoms with Crippen LogP contribution in [0, 0.1) is 0 Å². The number of hydrogen-bond acceptors (Lipinski definition) is 5. The maximum Gasteiger partial charge on any atom is 0.278 e. The van der Waals surface area contributed by atoms with Gasteiger partial charge >= 0.3 is 0 Å². The normalized spacial score (nSPS) is 31.1. The standard InChI is InChI=1S/C11H13FN4O3/c1-2-5-8(17)6(12)11(19-5)16-4-15-7-9(16)13-3-14-10(7)18/h3-6,8,11,17H,2H2,1H3,(H,13,14,18)/t5-,6-,8-,11-/m1/s1. The summed E-state index contributed by atoms with van der Waals surface area (Å²) >= 11 is 0. The van der Waals surface area contributed by atoms with E-state index in [9.17, 15) is 14.3 Å². The zero-order valence-electron chi connectivity index (χ0n) is 10.2. The average Bonchev–Trinajstić information content (AvgIpc) is 2.94. The van der Waals surface area contributed by atoms with Crippen LogP contribution in [0.2, 0.25) is 0 Å². The summed E-state index contributed by atoms with van der Waals surface area (Å²) < 4.78 is 20.9. The Kier molecular flexibility index (Phi) is 2.83. The Morgan fingerprint density at radius 2 is 2.37 bits per heavy atom. The Morgan fingerprint density at radius 1 is 1.58 bits per heavy atom. The van der Waals surface area contributed by atoms with Crippen molar-refractivity contribution in [2.24, 2.45) is 0 Å². The molecule has 1 aliphatic rings. The smallest absolute Gasteiger partial charge is 0.278 e. The summed E-state index contributed by atoms with van der Waals surface area (Å²) in [6.45, 7) is 1.80.